The smallest absolute Gasteiger partial charge is 0.253 e. The van der Waals surface area contributed by atoms with E-state index in [0.29, 0.717) is 30.1 Å². The van der Waals surface area contributed by atoms with Gasteiger partial charge in [-0.25, -0.2) is 0 Å². The quantitative estimate of drug-likeness (QED) is 0.254. The maximum Gasteiger partial charge on any atom is 0.253 e. The van der Waals surface area contributed by atoms with Crippen molar-refractivity contribution in [3.05, 3.63) is 90.0 Å². The van der Waals surface area contributed by atoms with Gasteiger partial charge in [-0.05, 0) is 37.0 Å². The normalized spacial score (nSPS) is 27.6. The fraction of sp³-hybridized carbons (Fsp3) is 0.441. The maximum absolute atomic E-state index is 14.9. The number of hydrogen-bond donors (Lipinski definition) is 1. The van der Waals surface area contributed by atoms with E-state index in [1.807, 2.05) is 56.3 Å². The third-order valence-corrected chi connectivity index (χ3v) is 10.4. The van der Waals surface area contributed by atoms with Crippen molar-refractivity contribution < 1.29 is 24.2 Å². The molecule has 3 amide bonds. The van der Waals surface area contributed by atoms with E-state index in [1.165, 1.54) is 4.90 Å². The van der Waals surface area contributed by atoms with Crippen LogP contribution in [-0.2, 0) is 25.7 Å². The Labute approximate surface area is 272 Å². The Morgan fingerprint density at radius 3 is 2.48 bits per heavy atom. The number of aryl methyl sites for hydroxylation is 1. The third-order valence-electron chi connectivity index (χ3n) is 9.24. The van der Waals surface area contributed by atoms with Crippen molar-refractivity contribution in [2.45, 2.75) is 61.8 Å². The van der Waals surface area contributed by atoms with Crippen LogP contribution in [0.25, 0.3) is 0 Å². The molecule has 2 aromatic carbocycles. The van der Waals surface area contributed by atoms with Crippen LogP contribution in [-0.4, -0.2) is 80.9 Å². The molecule has 5 rings (SSSR count). The van der Waals surface area contributed by atoms with Crippen LogP contribution < -0.4 is 4.90 Å². The first-order valence-corrected chi connectivity index (χ1v) is 16.3. The van der Waals surface area contributed by atoms with E-state index in [-0.39, 0.29) is 42.2 Å². The zero-order valence-corrected chi connectivity index (χ0v) is 27.4. The molecule has 1 N–H and O–H groups in total. The summed E-state index contributed by atoms with van der Waals surface area (Å²) in [5, 5.41) is 10.8. The molecule has 44 heavy (non-hydrogen) atoms. The molecule has 0 radical (unpaired) electrons. The molecule has 3 fully saturated rings. The minimum Gasteiger partial charge on any atom is -0.394 e. The number of carbonyl (C=O) groups is 3. The Morgan fingerprint density at radius 1 is 1.16 bits per heavy atom. The summed E-state index contributed by atoms with van der Waals surface area (Å²) in [5.41, 5.74) is 0.984. The highest BCUT2D eigenvalue weighted by molar-refractivity contribution is 9.09. The number of ether oxygens (including phenoxy) is 1. The second-order valence-corrected chi connectivity index (χ2v) is 13.4. The van der Waals surface area contributed by atoms with Crippen molar-refractivity contribution in [1.82, 2.24) is 9.80 Å². The van der Waals surface area contributed by atoms with Gasteiger partial charge in [0, 0.05) is 24.5 Å². The van der Waals surface area contributed by atoms with Gasteiger partial charge in [-0.15, -0.1) is 13.2 Å². The SMILES string of the molecule is C=CCN(Cc1ccccc1)C(=O)[C@H]1[C@@H]2OC3(CC2Br)C(C(=O)N(CC=C)c2c(C)cccc2Cl)N([C@@H](CC)CO)C(=O)[C@H]13. The standard InChI is InChI=1S/C34H39BrClN3O5/c1-5-16-37(19-22-13-9-8-10-14-22)31(41)26-27-32(42)39(23(7-3)20-40)30(34(27)18-24(35)29(26)44-34)33(43)38(17-6-2)28-21(4)12-11-15-25(28)36/h5-6,8-15,23-24,26-27,29-30,40H,1-2,7,16-20H2,3-4H3/t23-,24?,26+,27-,29+,30?,34?/m0/s1. The number of rotatable bonds is 12. The number of benzene rings is 2. The van der Waals surface area contributed by atoms with Gasteiger partial charge in [-0.2, -0.15) is 0 Å². The van der Waals surface area contributed by atoms with Gasteiger partial charge in [-0.3, -0.25) is 14.4 Å². The minimum absolute atomic E-state index is 0.145. The van der Waals surface area contributed by atoms with Gasteiger partial charge in [0.25, 0.3) is 5.91 Å². The molecule has 2 aromatic rings. The molecule has 3 unspecified atom stereocenters. The number of carbonyl (C=O) groups excluding carboxylic acids is 3. The number of alkyl halides is 1. The Balaban J connectivity index is 1.61. The van der Waals surface area contributed by atoms with Crippen molar-refractivity contribution >= 4 is 50.9 Å². The summed E-state index contributed by atoms with van der Waals surface area (Å²) in [7, 11) is 0. The molecule has 3 aliphatic rings. The molecule has 234 valence electrons. The molecule has 7 atom stereocenters. The first-order valence-electron chi connectivity index (χ1n) is 15.0. The highest BCUT2D eigenvalue weighted by Crippen LogP contribution is 2.61. The van der Waals surface area contributed by atoms with Gasteiger partial charge < -0.3 is 24.5 Å². The average Bonchev–Trinajstić information content (AvgIpc) is 3.60. The first-order chi connectivity index (χ1) is 21.1. The lowest BCUT2D eigenvalue weighted by Gasteiger charge is -2.39. The number of halogens is 2. The molecule has 1 spiro atoms. The summed E-state index contributed by atoms with van der Waals surface area (Å²) < 4.78 is 6.74. The van der Waals surface area contributed by atoms with Crippen LogP contribution >= 0.6 is 27.5 Å². The predicted octanol–water partition coefficient (Wildman–Crippen LogP) is 4.90. The number of fused-ring (bicyclic) bond motifs is 1. The van der Waals surface area contributed by atoms with E-state index in [2.05, 4.69) is 29.1 Å². The van der Waals surface area contributed by atoms with Crippen LogP contribution in [0.3, 0.4) is 0 Å². The second kappa shape index (κ2) is 13.2. The van der Waals surface area contributed by atoms with Gasteiger partial charge >= 0.3 is 0 Å². The van der Waals surface area contributed by atoms with Gasteiger partial charge in [0.1, 0.15) is 11.6 Å². The zero-order chi connectivity index (χ0) is 31.8. The molecule has 10 heteroatoms. The van der Waals surface area contributed by atoms with Crippen molar-refractivity contribution in [3.8, 4) is 0 Å². The van der Waals surface area contributed by atoms with E-state index in [0.717, 1.165) is 11.1 Å². The van der Waals surface area contributed by atoms with Crippen LogP contribution in [0.4, 0.5) is 5.69 Å². The number of para-hydroxylation sites is 1. The monoisotopic (exact) mass is 683 g/mol. The lowest BCUT2D eigenvalue weighted by atomic mass is 9.70. The summed E-state index contributed by atoms with van der Waals surface area (Å²) >= 11 is 10.4. The van der Waals surface area contributed by atoms with Gasteiger partial charge in [0.15, 0.2) is 0 Å². The molecule has 2 bridgehead atoms. The lowest BCUT2D eigenvalue weighted by Crippen LogP contribution is -2.59. The van der Waals surface area contributed by atoms with Crippen LogP contribution in [0.2, 0.25) is 5.02 Å². The average molecular weight is 685 g/mol. The van der Waals surface area contributed by atoms with Crippen molar-refractivity contribution in [2.24, 2.45) is 11.8 Å². The van der Waals surface area contributed by atoms with Crippen LogP contribution in [0.15, 0.2) is 73.8 Å². The van der Waals surface area contributed by atoms with Gasteiger partial charge in [0.05, 0.1) is 41.3 Å². The van der Waals surface area contributed by atoms with Crippen molar-refractivity contribution in [3.63, 3.8) is 0 Å². The van der Waals surface area contributed by atoms with Gasteiger partial charge in [0.2, 0.25) is 11.8 Å². The van der Waals surface area contributed by atoms with Gasteiger partial charge in [-0.1, -0.05) is 89.1 Å². The largest absolute Gasteiger partial charge is 0.394 e. The topological polar surface area (TPSA) is 90.4 Å². The fourth-order valence-electron chi connectivity index (χ4n) is 7.37. The Morgan fingerprint density at radius 2 is 1.86 bits per heavy atom. The van der Waals surface area contributed by atoms with E-state index in [1.54, 1.807) is 28.0 Å². The maximum atomic E-state index is 14.9. The number of likely N-dealkylation sites (tertiary alicyclic amines) is 1. The zero-order valence-electron chi connectivity index (χ0n) is 25.1. The molecular weight excluding hydrogens is 646 g/mol. The molecular formula is C34H39BrClN3O5. The molecule has 3 aliphatic heterocycles. The Kier molecular flexibility index (Phi) is 9.70. The molecule has 0 aliphatic carbocycles. The number of aliphatic hydroxyl groups is 1. The lowest BCUT2D eigenvalue weighted by molar-refractivity contribution is -0.147. The summed E-state index contributed by atoms with van der Waals surface area (Å²) in [6.07, 6.45) is 3.45. The van der Waals surface area contributed by atoms with E-state index >= 15 is 0 Å². The van der Waals surface area contributed by atoms with Crippen molar-refractivity contribution in [1.29, 1.82) is 0 Å². The summed E-state index contributed by atoms with van der Waals surface area (Å²) in [6, 6.07) is 13.3. The molecule has 3 heterocycles. The molecule has 3 saturated heterocycles. The number of anilines is 1. The van der Waals surface area contributed by atoms with E-state index in [4.69, 9.17) is 16.3 Å². The minimum atomic E-state index is -1.28. The summed E-state index contributed by atoms with van der Waals surface area (Å²) in [6.45, 7) is 11.9. The third kappa shape index (κ3) is 5.31. The number of nitrogens with zero attached hydrogens (tertiary/aromatic N) is 3. The Bertz CT molecular complexity index is 1410. The predicted molar refractivity (Wildman–Crippen MR) is 175 cm³/mol. The summed E-state index contributed by atoms with van der Waals surface area (Å²) in [4.78, 5) is 48.3. The number of hydrogen-bond acceptors (Lipinski definition) is 5. The fourth-order valence-corrected chi connectivity index (χ4v) is 8.64. The molecule has 8 nitrogen and oxygen atoms in total. The Hall–Kier alpha value is -2.98. The number of aliphatic hydroxyl groups excluding tert-OH is 1. The van der Waals surface area contributed by atoms with Crippen molar-refractivity contribution in [2.75, 3.05) is 24.6 Å². The number of amides is 3. The highest BCUT2D eigenvalue weighted by Gasteiger charge is 2.77. The second-order valence-electron chi connectivity index (χ2n) is 11.8. The van der Waals surface area contributed by atoms with E-state index in [9.17, 15) is 19.5 Å². The molecule has 0 aromatic heterocycles. The van der Waals surface area contributed by atoms with E-state index < -0.39 is 35.6 Å². The van der Waals surface area contributed by atoms with Crippen LogP contribution in [0, 0.1) is 18.8 Å². The van der Waals surface area contributed by atoms with Crippen LogP contribution in [0.5, 0.6) is 0 Å². The highest BCUT2D eigenvalue weighted by atomic mass is 79.9. The first kappa shape index (κ1) is 32.4. The van der Waals surface area contributed by atoms with Crippen LogP contribution in [0.1, 0.15) is 30.9 Å². The molecule has 0 saturated carbocycles. The summed E-state index contributed by atoms with van der Waals surface area (Å²) in [5.74, 6) is -2.68.